The van der Waals surface area contributed by atoms with E-state index in [0.717, 1.165) is 0 Å². The Labute approximate surface area is 124 Å². The van der Waals surface area contributed by atoms with E-state index in [4.69, 9.17) is 0 Å². The van der Waals surface area contributed by atoms with E-state index in [1.165, 1.54) is 11.4 Å². The van der Waals surface area contributed by atoms with Gasteiger partial charge in [0.25, 0.3) is 0 Å². The average Bonchev–Trinajstić information content (AvgIpc) is 2.39. The van der Waals surface area contributed by atoms with Crippen LogP contribution in [0.15, 0.2) is 43.1 Å². The minimum Gasteiger partial charge on any atom is -0.333 e. The van der Waals surface area contributed by atoms with E-state index in [-0.39, 0.29) is 11.8 Å². The molecule has 0 radical (unpaired) electrons. The summed E-state index contributed by atoms with van der Waals surface area (Å²) < 4.78 is 0. The normalized spacial score (nSPS) is 14.7. The number of nitrogens with one attached hydrogen (secondary N) is 1. The smallest absolute Gasteiger partial charge is 0.226 e. The van der Waals surface area contributed by atoms with Gasteiger partial charge in [-0.3, -0.25) is 4.79 Å². The average molecular weight is 289 g/mol. The first-order valence-electron chi connectivity index (χ1n) is 7.29. The van der Waals surface area contributed by atoms with Crippen molar-refractivity contribution in [2.75, 3.05) is 0 Å². The van der Waals surface area contributed by atoms with Crippen molar-refractivity contribution >= 4 is 19.2 Å². The van der Waals surface area contributed by atoms with E-state index in [2.05, 4.69) is 63.1 Å². The molecule has 0 unspecified atom stereocenters. The topological polar surface area (TPSA) is 29.1 Å². The van der Waals surface area contributed by atoms with Crippen LogP contribution in [0.25, 0.3) is 0 Å². The van der Waals surface area contributed by atoms with Gasteiger partial charge in [0.2, 0.25) is 5.91 Å². The quantitative estimate of drug-likeness (QED) is 0.798. The Bertz CT molecular complexity index is 453. The van der Waals surface area contributed by atoms with E-state index in [1.807, 2.05) is 13.0 Å². The third-order valence-corrected chi connectivity index (χ3v) is 8.92. The zero-order chi connectivity index (χ0) is 15.3. The molecule has 0 saturated heterocycles. The molecule has 0 bridgehead atoms. The lowest BCUT2D eigenvalue weighted by Gasteiger charge is -2.39. The molecule has 0 aliphatic rings. The van der Waals surface area contributed by atoms with Gasteiger partial charge >= 0.3 is 0 Å². The number of carbonyl (C=O) groups is 1. The SMILES string of the molecule is C=CNC(=O)[C@H](C)[C@H](C(C)C)[Si](C)(C)c1ccccc1. The van der Waals surface area contributed by atoms with Crippen LogP contribution < -0.4 is 10.5 Å². The van der Waals surface area contributed by atoms with Crippen LogP contribution in [0, 0.1) is 11.8 Å². The zero-order valence-electron chi connectivity index (χ0n) is 13.3. The molecule has 0 aliphatic heterocycles. The lowest BCUT2D eigenvalue weighted by molar-refractivity contribution is -0.124. The van der Waals surface area contributed by atoms with Gasteiger partial charge in [-0.05, 0) is 17.7 Å². The monoisotopic (exact) mass is 289 g/mol. The third kappa shape index (κ3) is 3.60. The molecule has 1 rings (SSSR count). The summed E-state index contributed by atoms with van der Waals surface area (Å²) in [5.41, 5.74) is 0.393. The minimum absolute atomic E-state index is 0.00475. The van der Waals surface area contributed by atoms with Gasteiger partial charge in [-0.1, -0.05) is 76.0 Å². The summed E-state index contributed by atoms with van der Waals surface area (Å²) in [5.74, 6) is 0.549. The largest absolute Gasteiger partial charge is 0.333 e. The Morgan fingerprint density at radius 2 is 1.75 bits per heavy atom. The van der Waals surface area contributed by atoms with Crippen molar-refractivity contribution in [3.63, 3.8) is 0 Å². The summed E-state index contributed by atoms with van der Waals surface area (Å²) in [5, 5.41) is 4.17. The van der Waals surface area contributed by atoms with Crippen LogP contribution in [0.3, 0.4) is 0 Å². The van der Waals surface area contributed by atoms with E-state index < -0.39 is 8.07 Å². The molecule has 0 heterocycles. The Morgan fingerprint density at radius 3 is 2.20 bits per heavy atom. The first-order chi connectivity index (χ1) is 9.32. The van der Waals surface area contributed by atoms with Crippen molar-refractivity contribution in [2.24, 2.45) is 11.8 Å². The molecule has 2 atom stereocenters. The molecule has 1 aromatic carbocycles. The highest BCUT2D eigenvalue weighted by atomic mass is 28.3. The molecule has 20 heavy (non-hydrogen) atoms. The van der Waals surface area contributed by atoms with Gasteiger partial charge in [0.15, 0.2) is 0 Å². The molecular weight excluding hydrogens is 262 g/mol. The van der Waals surface area contributed by atoms with Gasteiger partial charge in [0.1, 0.15) is 0 Å². The molecule has 0 fully saturated rings. The summed E-state index contributed by atoms with van der Waals surface area (Å²) in [6, 6.07) is 10.7. The second kappa shape index (κ2) is 6.89. The van der Waals surface area contributed by atoms with Gasteiger partial charge in [0.05, 0.1) is 8.07 Å². The highest BCUT2D eigenvalue weighted by Gasteiger charge is 2.41. The van der Waals surface area contributed by atoms with Gasteiger partial charge < -0.3 is 5.32 Å². The van der Waals surface area contributed by atoms with Crippen molar-refractivity contribution in [3.8, 4) is 0 Å². The Balaban J connectivity index is 3.13. The molecule has 1 aromatic rings. The Morgan fingerprint density at radius 1 is 1.20 bits per heavy atom. The van der Waals surface area contributed by atoms with E-state index >= 15 is 0 Å². The summed E-state index contributed by atoms with van der Waals surface area (Å²) in [4.78, 5) is 12.2. The van der Waals surface area contributed by atoms with Crippen LogP contribution >= 0.6 is 0 Å². The maximum atomic E-state index is 12.2. The number of hydrogen-bond acceptors (Lipinski definition) is 1. The second-order valence-corrected chi connectivity index (χ2v) is 11.0. The fourth-order valence-corrected chi connectivity index (χ4v) is 8.00. The van der Waals surface area contributed by atoms with Gasteiger partial charge in [-0.2, -0.15) is 0 Å². The fourth-order valence-electron chi connectivity index (χ4n) is 3.49. The number of rotatable bonds is 6. The van der Waals surface area contributed by atoms with Crippen molar-refractivity contribution < 1.29 is 4.79 Å². The summed E-state index contributed by atoms with van der Waals surface area (Å²) >= 11 is 0. The number of carbonyl (C=O) groups excluding carboxylic acids is 1. The molecule has 110 valence electrons. The standard InChI is InChI=1S/C17H27NOSi/c1-7-18-17(19)14(4)16(13(2)3)20(5,6)15-11-9-8-10-12-15/h7-14,16H,1H2,2-6H3,(H,18,19)/t14-,16+/m1/s1. The maximum Gasteiger partial charge on any atom is 0.226 e. The summed E-state index contributed by atoms with van der Waals surface area (Å²) in [6.07, 6.45) is 1.48. The van der Waals surface area contributed by atoms with Crippen LogP contribution in [0.5, 0.6) is 0 Å². The maximum absolute atomic E-state index is 12.2. The summed E-state index contributed by atoms with van der Waals surface area (Å²) in [7, 11) is -1.72. The van der Waals surface area contributed by atoms with Crippen molar-refractivity contribution in [3.05, 3.63) is 43.1 Å². The lowest BCUT2D eigenvalue weighted by atomic mass is 9.97. The van der Waals surface area contributed by atoms with Crippen molar-refractivity contribution in [2.45, 2.75) is 39.4 Å². The fraction of sp³-hybridized carbons (Fsp3) is 0.471. The second-order valence-electron chi connectivity index (χ2n) is 6.36. The van der Waals surface area contributed by atoms with E-state index in [1.54, 1.807) is 0 Å². The first kappa shape index (κ1) is 16.7. The number of hydrogen-bond donors (Lipinski definition) is 1. The Hall–Kier alpha value is -1.35. The van der Waals surface area contributed by atoms with Crippen LogP contribution in [0.2, 0.25) is 18.6 Å². The number of amides is 1. The molecule has 1 N–H and O–H groups in total. The molecule has 0 saturated carbocycles. The summed E-state index contributed by atoms with van der Waals surface area (Å²) in [6.45, 7) is 14.8. The van der Waals surface area contributed by atoms with Crippen molar-refractivity contribution in [1.29, 1.82) is 0 Å². The minimum atomic E-state index is -1.72. The van der Waals surface area contributed by atoms with Crippen molar-refractivity contribution in [1.82, 2.24) is 5.32 Å². The molecule has 1 amide bonds. The third-order valence-electron chi connectivity index (χ3n) is 4.27. The molecular formula is C17H27NOSi. The highest BCUT2D eigenvalue weighted by Crippen LogP contribution is 2.37. The molecule has 0 spiro atoms. The predicted molar refractivity (Wildman–Crippen MR) is 89.6 cm³/mol. The predicted octanol–water partition coefficient (Wildman–Crippen LogP) is 3.52. The Kier molecular flexibility index (Phi) is 5.75. The van der Waals surface area contributed by atoms with Gasteiger partial charge in [-0.25, -0.2) is 0 Å². The van der Waals surface area contributed by atoms with Crippen LogP contribution in [0.1, 0.15) is 20.8 Å². The van der Waals surface area contributed by atoms with Gasteiger partial charge in [0, 0.05) is 5.92 Å². The van der Waals surface area contributed by atoms with Gasteiger partial charge in [-0.15, -0.1) is 0 Å². The molecule has 0 aromatic heterocycles. The van der Waals surface area contributed by atoms with Crippen LogP contribution in [0.4, 0.5) is 0 Å². The number of benzene rings is 1. The highest BCUT2D eigenvalue weighted by molar-refractivity contribution is 6.91. The zero-order valence-corrected chi connectivity index (χ0v) is 14.3. The first-order valence-corrected chi connectivity index (χ1v) is 10.4. The van der Waals surface area contributed by atoms with Crippen LogP contribution in [-0.2, 0) is 4.79 Å². The molecule has 3 heteroatoms. The van der Waals surface area contributed by atoms with Crippen LogP contribution in [-0.4, -0.2) is 14.0 Å². The van der Waals surface area contributed by atoms with E-state index in [0.29, 0.717) is 11.5 Å². The molecule has 0 aliphatic carbocycles. The van der Waals surface area contributed by atoms with E-state index in [9.17, 15) is 4.79 Å². The lowest BCUT2D eigenvalue weighted by Crippen LogP contribution is -2.52. The molecule has 2 nitrogen and oxygen atoms in total.